The molecular weight excluding hydrogens is 403 g/mol. The Morgan fingerprint density at radius 2 is 1.81 bits per heavy atom. The highest BCUT2D eigenvalue weighted by atomic mass is 19.4. The first-order valence-corrected chi connectivity index (χ1v) is 10.6. The Hall–Kier alpha value is -2.63. The summed E-state index contributed by atoms with van der Waals surface area (Å²) < 4.78 is 41.1. The summed E-state index contributed by atoms with van der Waals surface area (Å²) in [4.78, 5) is 16.5. The molecule has 1 saturated carbocycles. The summed E-state index contributed by atoms with van der Waals surface area (Å²) in [7, 11) is 0. The minimum atomic E-state index is -4.39. The van der Waals surface area contributed by atoms with Crippen molar-refractivity contribution in [1.29, 1.82) is 0 Å². The number of benzene rings is 2. The molecule has 3 nitrogen and oxygen atoms in total. The monoisotopic (exact) mass is 431 g/mol. The highest BCUT2D eigenvalue weighted by Crippen LogP contribution is 2.41. The zero-order valence-corrected chi connectivity index (χ0v) is 18.2. The SMILES string of the molecule is C/C(=N\OCc1ccc(C2CCCCC2)c(C(F)(F)F)c1)c1cc(C)c(C=O)cc1C. The summed E-state index contributed by atoms with van der Waals surface area (Å²) in [5.74, 6) is -0.0267. The van der Waals surface area contributed by atoms with Crippen molar-refractivity contribution in [2.75, 3.05) is 0 Å². The third kappa shape index (κ3) is 5.54. The lowest BCUT2D eigenvalue weighted by Crippen LogP contribution is -2.15. The van der Waals surface area contributed by atoms with Crippen LogP contribution in [-0.2, 0) is 17.6 Å². The molecule has 1 aliphatic rings. The van der Waals surface area contributed by atoms with E-state index in [0.717, 1.165) is 55.1 Å². The highest BCUT2D eigenvalue weighted by Gasteiger charge is 2.35. The number of rotatable bonds is 6. The van der Waals surface area contributed by atoms with Crippen molar-refractivity contribution in [2.45, 2.75) is 71.6 Å². The highest BCUT2D eigenvalue weighted by molar-refractivity contribution is 6.00. The number of carbonyl (C=O) groups is 1. The Labute approximate surface area is 181 Å². The summed E-state index contributed by atoms with van der Waals surface area (Å²) in [5.41, 5.74) is 4.06. The molecule has 166 valence electrons. The first-order valence-electron chi connectivity index (χ1n) is 10.6. The fraction of sp³-hybridized carbons (Fsp3) is 0.440. The van der Waals surface area contributed by atoms with Gasteiger partial charge in [-0.05, 0) is 80.0 Å². The van der Waals surface area contributed by atoms with Crippen molar-refractivity contribution < 1.29 is 22.8 Å². The summed E-state index contributed by atoms with van der Waals surface area (Å²) in [6, 6.07) is 8.17. The minimum Gasteiger partial charge on any atom is -0.391 e. The maximum atomic E-state index is 13.7. The van der Waals surface area contributed by atoms with Crippen LogP contribution in [0.5, 0.6) is 0 Å². The van der Waals surface area contributed by atoms with Crippen molar-refractivity contribution in [1.82, 2.24) is 0 Å². The normalized spacial score (nSPS) is 15.7. The Kier molecular flexibility index (Phi) is 7.19. The van der Waals surface area contributed by atoms with Crippen molar-refractivity contribution in [3.05, 3.63) is 69.3 Å². The predicted octanol–water partition coefficient (Wildman–Crippen LogP) is 7.12. The van der Waals surface area contributed by atoms with E-state index in [0.29, 0.717) is 22.4 Å². The van der Waals surface area contributed by atoms with E-state index in [1.807, 2.05) is 19.9 Å². The molecule has 6 heteroatoms. The van der Waals surface area contributed by atoms with Crippen LogP contribution >= 0.6 is 0 Å². The van der Waals surface area contributed by atoms with Crippen LogP contribution in [0, 0.1) is 13.8 Å². The smallest absolute Gasteiger partial charge is 0.391 e. The van der Waals surface area contributed by atoms with Crippen LogP contribution in [0.3, 0.4) is 0 Å². The lowest BCUT2D eigenvalue weighted by Gasteiger charge is -2.25. The van der Waals surface area contributed by atoms with E-state index in [1.165, 1.54) is 6.07 Å². The average Bonchev–Trinajstić information content (AvgIpc) is 2.75. The average molecular weight is 431 g/mol. The Morgan fingerprint density at radius 3 is 2.45 bits per heavy atom. The topological polar surface area (TPSA) is 38.7 Å². The number of hydrogen-bond donors (Lipinski definition) is 0. The molecule has 0 aromatic heterocycles. The molecule has 0 spiro atoms. The van der Waals surface area contributed by atoms with E-state index < -0.39 is 11.7 Å². The molecule has 0 amide bonds. The molecule has 0 radical (unpaired) electrons. The van der Waals surface area contributed by atoms with E-state index >= 15 is 0 Å². The summed E-state index contributed by atoms with van der Waals surface area (Å²) in [6.07, 6.45) is 1.09. The second-order valence-electron chi connectivity index (χ2n) is 8.35. The van der Waals surface area contributed by atoms with Crippen LogP contribution in [0.1, 0.15) is 88.7 Å². The van der Waals surface area contributed by atoms with Crippen LogP contribution in [0.15, 0.2) is 35.5 Å². The van der Waals surface area contributed by atoms with E-state index in [1.54, 1.807) is 25.1 Å². The molecule has 31 heavy (non-hydrogen) atoms. The largest absolute Gasteiger partial charge is 0.416 e. The molecule has 0 bridgehead atoms. The lowest BCUT2D eigenvalue weighted by molar-refractivity contribution is -0.138. The fourth-order valence-electron chi connectivity index (χ4n) is 4.32. The Morgan fingerprint density at radius 1 is 1.10 bits per heavy atom. The molecule has 2 aromatic carbocycles. The van der Waals surface area contributed by atoms with Crippen molar-refractivity contribution >= 4 is 12.0 Å². The number of aldehydes is 1. The van der Waals surface area contributed by atoms with Gasteiger partial charge in [0.15, 0.2) is 0 Å². The van der Waals surface area contributed by atoms with Gasteiger partial charge in [0.05, 0.1) is 11.3 Å². The van der Waals surface area contributed by atoms with Crippen LogP contribution < -0.4 is 0 Å². The van der Waals surface area contributed by atoms with Gasteiger partial charge in [-0.25, -0.2) is 0 Å². The summed E-state index contributed by atoms with van der Waals surface area (Å²) >= 11 is 0. The molecule has 1 fully saturated rings. The van der Waals surface area contributed by atoms with E-state index in [-0.39, 0.29) is 12.5 Å². The van der Waals surface area contributed by atoms with Gasteiger partial charge < -0.3 is 4.84 Å². The number of oxime groups is 1. The first kappa shape index (κ1) is 23.0. The van der Waals surface area contributed by atoms with Crippen LogP contribution in [-0.4, -0.2) is 12.0 Å². The molecule has 0 atom stereocenters. The molecule has 0 aliphatic heterocycles. The first-order chi connectivity index (χ1) is 14.7. The van der Waals surface area contributed by atoms with Gasteiger partial charge in [0.25, 0.3) is 0 Å². The Bertz CT molecular complexity index is 973. The van der Waals surface area contributed by atoms with Gasteiger partial charge in [0.1, 0.15) is 12.9 Å². The lowest BCUT2D eigenvalue weighted by atomic mass is 9.81. The zero-order chi connectivity index (χ0) is 22.6. The number of nitrogens with zero attached hydrogens (tertiary/aromatic N) is 1. The maximum absolute atomic E-state index is 13.7. The number of hydrogen-bond acceptors (Lipinski definition) is 3. The van der Waals surface area contributed by atoms with E-state index in [4.69, 9.17) is 4.84 Å². The molecule has 3 rings (SSSR count). The van der Waals surface area contributed by atoms with Gasteiger partial charge in [0, 0.05) is 11.1 Å². The van der Waals surface area contributed by atoms with Gasteiger partial charge in [-0.15, -0.1) is 0 Å². The third-order valence-corrected chi connectivity index (χ3v) is 6.03. The number of halogens is 3. The standard InChI is InChI=1S/C25H28F3NO2/c1-16-12-23(17(2)11-21(16)14-30)18(3)29-31-15-19-9-10-22(20-7-5-4-6-8-20)24(13-19)25(26,27)28/h9-14,20H,4-8,15H2,1-3H3/b29-18+. The van der Waals surface area contributed by atoms with Gasteiger partial charge in [-0.3, -0.25) is 4.79 Å². The van der Waals surface area contributed by atoms with Gasteiger partial charge in [-0.1, -0.05) is 36.6 Å². The van der Waals surface area contributed by atoms with E-state index in [9.17, 15) is 18.0 Å². The maximum Gasteiger partial charge on any atom is 0.416 e. The van der Waals surface area contributed by atoms with Gasteiger partial charge in [-0.2, -0.15) is 13.2 Å². The fourth-order valence-corrected chi connectivity index (χ4v) is 4.32. The zero-order valence-electron chi connectivity index (χ0n) is 18.2. The second-order valence-corrected chi connectivity index (χ2v) is 8.35. The number of aryl methyl sites for hydroxylation is 2. The molecule has 1 aliphatic carbocycles. The molecule has 0 saturated heterocycles. The molecule has 0 unspecified atom stereocenters. The number of carbonyl (C=O) groups excluding carboxylic acids is 1. The van der Waals surface area contributed by atoms with E-state index in [2.05, 4.69) is 5.16 Å². The van der Waals surface area contributed by atoms with Gasteiger partial charge in [0.2, 0.25) is 0 Å². The quantitative estimate of drug-likeness (QED) is 0.277. The molecule has 0 N–H and O–H groups in total. The summed E-state index contributed by atoms with van der Waals surface area (Å²) in [5, 5.41) is 4.10. The Balaban J connectivity index is 1.77. The molecular formula is C25H28F3NO2. The van der Waals surface area contributed by atoms with Crippen molar-refractivity contribution in [3.63, 3.8) is 0 Å². The molecule has 2 aromatic rings. The minimum absolute atomic E-state index is 0.0267. The van der Waals surface area contributed by atoms with Crippen LogP contribution in [0.2, 0.25) is 0 Å². The number of alkyl halides is 3. The van der Waals surface area contributed by atoms with Crippen LogP contribution in [0.25, 0.3) is 0 Å². The van der Waals surface area contributed by atoms with Crippen molar-refractivity contribution in [3.8, 4) is 0 Å². The third-order valence-electron chi connectivity index (χ3n) is 6.03. The summed E-state index contributed by atoms with van der Waals surface area (Å²) in [6.45, 7) is 5.44. The van der Waals surface area contributed by atoms with Crippen molar-refractivity contribution in [2.24, 2.45) is 5.16 Å². The van der Waals surface area contributed by atoms with Crippen LogP contribution in [0.4, 0.5) is 13.2 Å². The van der Waals surface area contributed by atoms with Gasteiger partial charge >= 0.3 is 6.18 Å². The second kappa shape index (κ2) is 9.67. The predicted molar refractivity (Wildman–Crippen MR) is 116 cm³/mol. The molecule has 0 heterocycles.